The molecule has 3 unspecified atom stereocenters. The maximum Gasteiger partial charge on any atom is 0.472 e. The zero-order valence-corrected chi connectivity index (χ0v) is 67.6. The van der Waals surface area contributed by atoms with Gasteiger partial charge in [0.05, 0.1) is 26.4 Å². The van der Waals surface area contributed by atoms with E-state index in [1.165, 1.54) is 212 Å². The van der Waals surface area contributed by atoms with Gasteiger partial charge in [-0.3, -0.25) is 37.3 Å². The molecule has 0 radical (unpaired) electrons. The van der Waals surface area contributed by atoms with Crippen LogP contribution in [0.15, 0.2) is 0 Å². The van der Waals surface area contributed by atoms with Crippen LogP contribution in [0, 0.1) is 23.7 Å². The number of carbonyl (C=O) groups is 4. The fourth-order valence-electron chi connectivity index (χ4n) is 12.4. The highest BCUT2D eigenvalue weighted by molar-refractivity contribution is 7.47. The number of carbonyl (C=O) groups excluding carboxylic acids is 4. The number of phosphoric acid groups is 2. The first-order valence-electron chi connectivity index (χ1n) is 41.7. The molecule has 19 heteroatoms. The summed E-state index contributed by atoms with van der Waals surface area (Å²) in [5.41, 5.74) is 0. The first-order valence-corrected chi connectivity index (χ1v) is 44.7. The molecule has 0 aliphatic carbocycles. The van der Waals surface area contributed by atoms with E-state index in [0.717, 1.165) is 114 Å². The lowest BCUT2D eigenvalue weighted by molar-refractivity contribution is -0.161. The lowest BCUT2D eigenvalue weighted by Gasteiger charge is -2.21. The topological polar surface area (TPSA) is 237 Å². The summed E-state index contributed by atoms with van der Waals surface area (Å²) in [7, 11) is -9.92. The van der Waals surface area contributed by atoms with Gasteiger partial charge in [-0.05, 0) is 49.4 Å². The Morgan fingerprint density at radius 1 is 0.250 bits per heavy atom. The maximum atomic E-state index is 13.1. The van der Waals surface area contributed by atoms with Gasteiger partial charge in [-0.2, -0.15) is 0 Å². The van der Waals surface area contributed by atoms with Crippen LogP contribution < -0.4 is 0 Å². The summed E-state index contributed by atoms with van der Waals surface area (Å²) >= 11 is 0. The summed E-state index contributed by atoms with van der Waals surface area (Å²) in [4.78, 5) is 73.0. The largest absolute Gasteiger partial charge is 0.472 e. The molecular formula is C81H158O17P2. The fourth-order valence-corrected chi connectivity index (χ4v) is 14.0. The van der Waals surface area contributed by atoms with Crippen LogP contribution in [0.3, 0.4) is 0 Å². The zero-order chi connectivity index (χ0) is 73.8. The van der Waals surface area contributed by atoms with Crippen LogP contribution in [0.25, 0.3) is 0 Å². The molecule has 0 fully saturated rings. The van der Waals surface area contributed by atoms with E-state index in [0.29, 0.717) is 31.6 Å². The van der Waals surface area contributed by atoms with Crippen molar-refractivity contribution < 1.29 is 80.2 Å². The Hall–Kier alpha value is -1.94. The van der Waals surface area contributed by atoms with Crippen molar-refractivity contribution in [2.75, 3.05) is 39.6 Å². The molecule has 0 aromatic heterocycles. The Balaban J connectivity index is 5.19. The van der Waals surface area contributed by atoms with Crippen molar-refractivity contribution in [3.05, 3.63) is 0 Å². The van der Waals surface area contributed by atoms with Crippen molar-refractivity contribution in [1.29, 1.82) is 0 Å². The Bertz CT molecular complexity index is 1950. The second-order valence-electron chi connectivity index (χ2n) is 31.1. The maximum absolute atomic E-state index is 13.1. The standard InChI is InChI=1S/C81H158O17P2/c1-71(2)57-49-41-33-27-21-16-13-11-9-10-12-14-18-24-31-37-47-55-63-81(86)98-77(68-92-79(84)62-54-46-40-39-44-52-60-74(7)8)70-96-100(89,90)94-66-75(82)65-93-99(87,88)95-69-76(67-91-78(83)61-53-45-36-30-26-20-23-29-35-43-51-59-73(5)6)97-80(85)64-56-48-38-32-25-19-15-17-22-28-34-42-50-58-72(3)4/h71-77,82H,9-70H2,1-8H3,(H,87,88)(H,89,90)/t75?,76-,77-/m1/s1. The predicted molar refractivity (Wildman–Crippen MR) is 409 cm³/mol. The molecule has 5 atom stereocenters. The van der Waals surface area contributed by atoms with E-state index >= 15 is 0 Å². The van der Waals surface area contributed by atoms with Crippen molar-refractivity contribution >= 4 is 39.5 Å². The number of esters is 4. The molecule has 0 aromatic rings. The van der Waals surface area contributed by atoms with Gasteiger partial charge in [0.25, 0.3) is 0 Å². The first-order chi connectivity index (χ1) is 48.1. The minimum atomic E-state index is -4.96. The molecule has 0 aliphatic heterocycles. The fraction of sp³-hybridized carbons (Fsp3) is 0.951. The monoisotopic (exact) mass is 1470 g/mol. The van der Waals surface area contributed by atoms with Crippen LogP contribution in [0.2, 0.25) is 0 Å². The average Bonchev–Trinajstić information content (AvgIpc) is 1.06. The van der Waals surface area contributed by atoms with Gasteiger partial charge >= 0.3 is 39.5 Å². The van der Waals surface area contributed by atoms with E-state index in [-0.39, 0.29) is 25.7 Å². The van der Waals surface area contributed by atoms with Gasteiger partial charge in [0.2, 0.25) is 0 Å². The summed E-state index contributed by atoms with van der Waals surface area (Å²) in [5.74, 6) is 0.941. The lowest BCUT2D eigenvalue weighted by Crippen LogP contribution is -2.30. The second kappa shape index (κ2) is 70.1. The smallest absolute Gasteiger partial charge is 0.462 e. The van der Waals surface area contributed by atoms with Crippen molar-refractivity contribution in [2.45, 2.75) is 433 Å². The second-order valence-corrected chi connectivity index (χ2v) is 34.0. The van der Waals surface area contributed by atoms with Crippen LogP contribution >= 0.6 is 15.6 Å². The number of ether oxygens (including phenoxy) is 4. The Labute approximate surface area is 613 Å². The highest BCUT2D eigenvalue weighted by Gasteiger charge is 2.30. The highest BCUT2D eigenvalue weighted by atomic mass is 31.2. The molecular weight excluding hydrogens is 1310 g/mol. The highest BCUT2D eigenvalue weighted by Crippen LogP contribution is 2.45. The lowest BCUT2D eigenvalue weighted by atomic mass is 10.0. The average molecular weight is 1470 g/mol. The molecule has 0 bridgehead atoms. The predicted octanol–water partition coefficient (Wildman–Crippen LogP) is 24.0. The van der Waals surface area contributed by atoms with Gasteiger partial charge in [-0.25, -0.2) is 9.13 Å². The molecule has 0 spiro atoms. The Morgan fingerprint density at radius 2 is 0.420 bits per heavy atom. The zero-order valence-electron chi connectivity index (χ0n) is 65.8. The third kappa shape index (κ3) is 74.3. The molecule has 0 rings (SSSR count). The number of hydrogen-bond acceptors (Lipinski definition) is 15. The molecule has 0 heterocycles. The van der Waals surface area contributed by atoms with E-state index in [1.807, 2.05) is 0 Å². The molecule has 0 aromatic carbocycles. The van der Waals surface area contributed by atoms with Crippen molar-refractivity contribution in [2.24, 2.45) is 23.7 Å². The molecule has 17 nitrogen and oxygen atoms in total. The molecule has 0 saturated heterocycles. The minimum Gasteiger partial charge on any atom is -0.462 e. The number of aliphatic hydroxyl groups excluding tert-OH is 1. The van der Waals surface area contributed by atoms with E-state index in [9.17, 15) is 43.2 Å². The van der Waals surface area contributed by atoms with Gasteiger partial charge in [0, 0.05) is 25.7 Å². The summed E-state index contributed by atoms with van der Waals surface area (Å²) < 4.78 is 68.7. The number of rotatable bonds is 78. The number of unbranched alkanes of at least 4 members (excludes halogenated alkanes) is 44. The molecule has 0 aliphatic rings. The van der Waals surface area contributed by atoms with Crippen LogP contribution in [-0.4, -0.2) is 96.7 Å². The number of hydrogen-bond donors (Lipinski definition) is 3. The van der Waals surface area contributed by atoms with E-state index in [4.69, 9.17) is 37.0 Å². The summed E-state index contributed by atoms with van der Waals surface area (Å²) in [6, 6.07) is 0. The molecule has 0 amide bonds. The summed E-state index contributed by atoms with van der Waals surface area (Å²) in [6.45, 7) is 14.2. The molecule has 100 heavy (non-hydrogen) atoms. The van der Waals surface area contributed by atoms with Gasteiger partial charge in [-0.1, -0.05) is 364 Å². The SMILES string of the molecule is CC(C)CCCCCCCCCCCCCCCCCCCCC(=O)O[C@H](COC(=O)CCCCCCCCC(C)C)COP(=O)(O)OCC(O)COP(=O)(O)OC[C@@H](COC(=O)CCCCCCCCCCCCCC(C)C)OC(=O)CCCCCCCCCCCCCCCC(C)C. The molecule has 594 valence electrons. The Kier molecular flexibility index (Phi) is 68.7. The van der Waals surface area contributed by atoms with E-state index < -0.39 is 97.5 Å². The number of aliphatic hydroxyl groups is 1. The van der Waals surface area contributed by atoms with Gasteiger partial charge in [-0.15, -0.1) is 0 Å². The van der Waals surface area contributed by atoms with Gasteiger partial charge in [0.1, 0.15) is 19.3 Å². The van der Waals surface area contributed by atoms with Crippen LogP contribution in [-0.2, 0) is 65.4 Å². The van der Waals surface area contributed by atoms with Crippen molar-refractivity contribution in [3.8, 4) is 0 Å². The number of phosphoric ester groups is 2. The van der Waals surface area contributed by atoms with Gasteiger partial charge in [0.15, 0.2) is 12.2 Å². The van der Waals surface area contributed by atoms with Crippen LogP contribution in [0.5, 0.6) is 0 Å². The molecule has 0 saturated carbocycles. The van der Waals surface area contributed by atoms with Crippen LogP contribution in [0.1, 0.15) is 415 Å². The normalized spacial score (nSPS) is 14.0. The van der Waals surface area contributed by atoms with Crippen LogP contribution in [0.4, 0.5) is 0 Å². The third-order valence-electron chi connectivity index (χ3n) is 18.8. The third-order valence-corrected chi connectivity index (χ3v) is 20.7. The Morgan fingerprint density at radius 3 is 0.620 bits per heavy atom. The minimum absolute atomic E-state index is 0.107. The quantitative estimate of drug-likeness (QED) is 0.0222. The molecule has 3 N–H and O–H groups in total. The van der Waals surface area contributed by atoms with Gasteiger partial charge < -0.3 is 33.8 Å². The summed E-state index contributed by atoms with van der Waals surface area (Å²) in [6.07, 6.45) is 57.1. The van der Waals surface area contributed by atoms with Crippen molar-refractivity contribution in [1.82, 2.24) is 0 Å². The summed E-state index contributed by atoms with van der Waals surface area (Å²) in [5, 5.41) is 10.6. The first kappa shape index (κ1) is 98.1. The van der Waals surface area contributed by atoms with E-state index in [2.05, 4.69) is 55.4 Å². The van der Waals surface area contributed by atoms with Crippen molar-refractivity contribution in [3.63, 3.8) is 0 Å². The van der Waals surface area contributed by atoms with E-state index in [1.54, 1.807) is 0 Å².